The number of piperidine rings is 1. The fourth-order valence-corrected chi connectivity index (χ4v) is 3.13. The third-order valence-corrected chi connectivity index (χ3v) is 4.48. The van der Waals surface area contributed by atoms with E-state index >= 15 is 0 Å². The Morgan fingerprint density at radius 1 is 1.32 bits per heavy atom. The van der Waals surface area contributed by atoms with Gasteiger partial charge in [0.2, 0.25) is 5.82 Å². The molecule has 1 aromatic heterocycles. The molecule has 0 aromatic carbocycles. The van der Waals surface area contributed by atoms with Crippen LogP contribution in [0.25, 0.3) is 0 Å². The van der Waals surface area contributed by atoms with E-state index < -0.39 is 17.9 Å². The number of likely N-dealkylation sites (tertiary alicyclic amines) is 2. The minimum Gasteiger partial charge on any atom is -0.337 e. The van der Waals surface area contributed by atoms with Crippen LogP contribution in [0.4, 0.5) is 13.2 Å². The van der Waals surface area contributed by atoms with Crippen LogP contribution in [0.15, 0.2) is 23.9 Å². The molecule has 0 atom stereocenters. The molecule has 2 fully saturated rings. The number of allylic oxidation sites excluding steroid dienone is 1. The fraction of sp³-hybridized carbons (Fsp3) is 0.500. The Morgan fingerprint density at radius 2 is 2.00 bits per heavy atom. The number of aromatic nitrogens is 2. The monoisotopic (exact) mass is 351 g/mol. The van der Waals surface area contributed by atoms with Crippen LogP contribution in [-0.4, -0.2) is 57.9 Å². The number of amides is 1. The Hall–Kier alpha value is -2.47. The number of halogens is 3. The van der Waals surface area contributed by atoms with Gasteiger partial charge in [-0.3, -0.25) is 9.69 Å². The predicted molar refractivity (Wildman–Crippen MR) is 81.2 cm³/mol. The number of rotatable bonds is 2. The molecule has 25 heavy (non-hydrogen) atoms. The summed E-state index contributed by atoms with van der Waals surface area (Å²) in [5.74, 6) is -1.80. The molecule has 6 nitrogen and oxygen atoms in total. The third-order valence-electron chi connectivity index (χ3n) is 4.48. The average Bonchev–Trinajstić information content (AvgIpc) is 2.57. The zero-order valence-electron chi connectivity index (χ0n) is 13.3. The Balaban J connectivity index is 1.57. The molecule has 2 aliphatic heterocycles. The minimum absolute atomic E-state index is 0.232. The summed E-state index contributed by atoms with van der Waals surface area (Å²) in [6.07, 6.45) is -0.650. The fourth-order valence-electron chi connectivity index (χ4n) is 3.13. The third kappa shape index (κ3) is 3.79. The van der Waals surface area contributed by atoms with E-state index in [0.29, 0.717) is 19.1 Å². The van der Waals surface area contributed by atoms with Crippen molar-refractivity contribution in [3.8, 4) is 6.07 Å². The standard InChI is InChI=1S/C16H16F3N5O/c17-16(18,19)15-21-6-2-13(22-15)14(25)23-7-3-12(4-8-23)24-9-11(10-24)1-5-20/h1-2,6,12H,3-4,7-10H2. The topological polar surface area (TPSA) is 73.1 Å². The molecule has 0 spiro atoms. The summed E-state index contributed by atoms with van der Waals surface area (Å²) in [7, 11) is 0. The molecule has 9 heteroatoms. The molecule has 2 saturated heterocycles. The zero-order valence-corrected chi connectivity index (χ0v) is 13.3. The maximum atomic E-state index is 12.7. The lowest BCUT2D eigenvalue weighted by molar-refractivity contribution is -0.145. The van der Waals surface area contributed by atoms with Gasteiger partial charge in [-0.25, -0.2) is 9.97 Å². The van der Waals surface area contributed by atoms with Crippen LogP contribution in [0.3, 0.4) is 0 Å². The second-order valence-corrected chi connectivity index (χ2v) is 6.12. The molecule has 0 radical (unpaired) electrons. The maximum absolute atomic E-state index is 12.7. The molecule has 0 aliphatic carbocycles. The van der Waals surface area contributed by atoms with Crippen molar-refractivity contribution in [2.45, 2.75) is 25.1 Å². The van der Waals surface area contributed by atoms with E-state index in [0.717, 1.165) is 37.7 Å². The second kappa shape index (κ2) is 6.80. The van der Waals surface area contributed by atoms with Crippen LogP contribution in [0.1, 0.15) is 29.2 Å². The zero-order chi connectivity index (χ0) is 18.0. The second-order valence-electron chi connectivity index (χ2n) is 6.12. The summed E-state index contributed by atoms with van der Waals surface area (Å²) < 4.78 is 38.0. The predicted octanol–water partition coefficient (Wildman–Crippen LogP) is 1.87. The van der Waals surface area contributed by atoms with Crippen LogP contribution in [0.2, 0.25) is 0 Å². The maximum Gasteiger partial charge on any atom is 0.451 e. The van der Waals surface area contributed by atoms with Gasteiger partial charge in [0.05, 0.1) is 6.07 Å². The molecule has 1 aromatic rings. The smallest absolute Gasteiger partial charge is 0.337 e. The highest BCUT2D eigenvalue weighted by Gasteiger charge is 2.36. The van der Waals surface area contributed by atoms with Crippen molar-refractivity contribution in [2.24, 2.45) is 0 Å². The van der Waals surface area contributed by atoms with Crippen molar-refractivity contribution < 1.29 is 18.0 Å². The highest BCUT2D eigenvalue weighted by atomic mass is 19.4. The highest BCUT2D eigenvalue weighted by molar-refractivity contribution is 5.92. The first-order valence-corrected chi connectivity index (χ1v) is 7.89. The first-order chi connectivity index (χ1) is 11.9. The molecule has 0 unspecified atom stereocenters. The van der Waals surface area contributed by atoms with Gasteiger partial charge in [0, 0.05) is 44.5 Å². The van der Waals surface area contributed by atoms with E-state index in [4.69, 9.17) is 5.26 Å². The molecular formula is C16H16F3N5O. The van der Waals surface area contributed by atoms with E-state index in [1.165, 1.54) is 11.0 Å². The van der Waals surface area contributed by atoms with Crippen LogP contribution in [-0.2, 0) is 6.18 Å². The van der Waals surface area contributed by atoms with Gasteiger partial charge in [-0.15, -0.1) is 0 Å². The first-order valence-electron chi connectivity index (χ1n) is 7.89. The largest absolute Gasteiger partial charge is 0.451 e. The molecule has 0 N–H and O–H groups in total. The average molecular weight is 351 g/mol. The highest BCUT2D eigenvalue weighted by Crippen LogP contribution is 2.27. The van der Waals surface area contributed by atoms with Crippen LogP contribution in [0, 0.1) is 11.3 Å². The van der Waals surface area contributed by atoms with Crippen molar-refractivity contribution in [3.05, 3.63) is 35.4 Å². The summed E-state index contributed by atoms with van der Waals surface area (Å²) in [5.41, 5.74) is 0.866. The summed E-state index contributed by atoms with van der Waals surface area (Å²) in [4.78, 5) is 22.7. The lowest BCUT2D eigenvalue weighted by atomic mass is 9.97. The van der Waals surface area contributed by atoms with E-state index in [9.17, 15) is 18.0 Å². The van der Waals surface area contributed by atoms with Gasteiger partial charge in [0.15, 0.2) is 0 Å². The molecule has 3 rings (SSSR count). The summed E-state index contributed by atoms with van der Waals surface area (Å²) in [5, 5.41) is 8.60. The number of hydrogen-bond acceptors (Lipinski definition) is 5. The normalized spacial score (nSPS) is 19.3. The lowest BCUT2D eigenvalue weighted by Crippen LogP contribution is -2.52. The Morgan fingerprint density at radius 3 is 2.60 bits per heavy atom. The minimum atomic E-state index is -4.67. The van der Waals surface area contributed by atoms with Crippen LogP contribution in [0.5, 0.6) is 0 Å². The van der Waals surface area contributed by atoms with E-state index in [2.05, 4.69) is 14.9 Å². The number of carbonyl (C=O) groups excluding carboxylic acids is 1. The molecular weight excluding hydrogens is 335 g/mol. The van der Waals surface area contributed by atoms with Gasteiger partial charge in [0.25, 0.3) is 5.91 Å². The van der Waals surface area contributed by atoms with Gasteiger partial charge in [-0.2, -0.15) is 18.4 Å². The summed E-state index contributed by atoms with van der Waals surface area (Å²) in [6, 6.07) is 3.55. The Kier molecular flexibility index (Phi) is 4.72. The van der Waals surface area contributed by atoms with E-state index in [-0.39, 0.29) is 5.69 Å². The van der Waals surface area contributed by atoms with Crippen molar-refractivity contribution in [3.63, 3.8) is 0 Å². The molecule has 3 heterocycles. The molecule has 132 valence electrons. The first kappa shape index (κ1) is 17.4. The van der Waals surface area contributed by atoms with Crippen LogP contribution >= 0.6 is 0 Å². The SMILES string of the molecule is N#CC=C1CN(C2CCN(C(=O)c3ccnc(C(F)(F)F)n3)CC2)C1. The van der Waals surface area contributed by atoms with Gasteiger partial charge in [-0.1, -0.05) is 0 Å². The number of carbonyl (C=O) groups is 1. The van der Waals surface area contributed by atoms with Gasteiger partial charge in [0.1, 0.15) is 5.69 Å². The molecule has 0 saturated carbocycles. The summed E-state index contributed by atoms with van der Waals surface area (Å²) in [6.45, 7) is 2.49. The van der Waals surface area contributed by atoms with Gasteiger partial charge in [-0.05, 0) is 24.5 Å². The van der Waals surface area contributed by atoms with E-state index in [1.807, 2.05) is 6.07 Å². The van der Waals surface area contributed by atoms with Crippen molar-refractivity contribution in [1.82, 2.24) is 19.8 Å². The lowest BCUT2D eigenvalue weighted by Gasteiger charge is -2.44. The van der Waals surface area contributed by atoms with E-state index in [1.54, 1.807) is 6.08 Å². The van der Waals surface area contributed by atoms with Crippen LogP contribution < -0.4 is 0 Å². The molecule has 2 aliphatic rings. The van der Waals surface area contributed by atoms with Gasteiger partial charge >= 0.3 is 6.18 Å². The molecule has 1 amide bonds. The van der Waals surface area contributed by atoms with Gasteiger partial charge < -0.3 is 4.90 Å². The molecule has 0 bridgehead atoms. The van der Waals surface area contributed by atoms with Crippen molar-refractivity contribution in [1.29, 1.82) is 5.26 Å². The number of nitriles is 1. The number of hydrogen-bond donors (Lipinski definition) is 0. The van der Waals surface area contributed by atoms with Crippen molar-refractivity contribution >= 4 is 5.91 Å². The Bertz CT molecular complexity index is 724. The Labute approximate surface area is 142 Å². The summed E-state index contributed by atoms with van der Waals surface area (Å²) >= 11 is 0. The number of alkyl halides is 3. The quantitative estimate of drug-likeness (QED) is 0.761. The van der Waals surface area contributed by atoms with Crippen molar-refractivity contribution in [2.75, 3.05) is 26.2 Å². The number of nitrogens with zero attached hydrogens (tertiary/aromatic N) is 5.